The van der Waals surface area contributed by atoms with Gasteiger partial charge >= 0.3 is 0 Å². The minimum Gasteiger partial charge on any atom is -0.299 e. The highest BCUT2D eigenvalue weighted by atomic mass is 35.5. The topological polar surface area (TPSA) is 3.24 Å². The summed E-state index contributed by atoms with van der Waals surface area (Å²) in [4.78, 5) is 2.32. The van der Waals surface area contributed by atoms with Crippen LogP contribution in [0.2, 0.25) is 0 Å². The molecule has 0 N–H and O–H groups in total. The van der Waals surface area contributed by atoms with E-state index < -0.39 is 0 Å². The normalized spacial score (nSPS) is 31.2. The van der Waals surface area contributed by atoms with Crippen LogP contribution in [0, 0.1) is 5.92 Å². The maximum absolute atomic E-state index is 11.9. The number of rotatable bonds is 4. The Kier molecular flexibility index (Phi) is 4.30. The summed E-state index contributed by atoms with van der Waals surface area (Å²) in [7, 11) is 0. The van der Waals surface area contributed by atoms with Gasteiger partial charge in [-0.25, -0.2) is 0 Å². The van der Waals surface area contributed by atoms with E-state index in [2.05, 4.69) is 11.8 Å². The summed E-state index contributed by atoms with van der Waals surface area (Å²) in [5.41, 5.74) is 0. The van der Waals surface area contributed by atoms with Crippen LogP contribution in [0.1, 0.15) is 19.8 Å². The minimum atomic E-state index is -0.208. The number of hydrogen-bond donors (Lipinski definition) is 0. The molecule has 0 aromatic rings. The Balaban J connectivity index is 2.32. The van der Waals surface area contributed by atoms with Gasteiger partial charge in [0.25, 0.3) is 0 Å². The van der Waals surface area contributed by atoms with Crippen molar-refractivity contribution >= 4 is 11.6 Å². The third kappa shape index (κ3) is 2.33. The van der Waals surface area contributed by atoms with E-state index in [1.165, 1.54) is 6.42 Å². The molecule has 72 valence electrons. The van der Waals surface area contributed by atoms with Gasteiger partial charge in [-0.3, -0.25) is 9.29 Å². The van der Waals surface area contributed by atoms with Crippen LogP contribution in [0.4, 0.5) is 4.39 Å². The summed E-state index contributed by atoms with van der Waals surface area (Å²) in [5, 5.41) is 0. The van der Waals surface area contributed by atoms with Crippen molar-refractivity contribution in [3.63, 3.8) is 0 Å². The number of alkyl halides is 2. The zero-order valence-corrected chi connectivity index (χ0v) is 8.36. The lowest BCUT2D eigenvalue weighted by Crippen LogP contribution is -2.34. The van der Waals surface area contributed by atoms with Crippen LogP contribution in [-0.4, -0.2) is 36.6 Å². The molecular formula is C9H17ClFN. The van der Waals surface area contributed by atoms with Crippen LogP contribution in [0.3, 0.4) is 0 Å². The SMILES string of the molecule is CC1CCN(CCCF)C1CCl. The van der Waals surface area contributed by atoms with E-state index in [-0.39, 0.29) is 6.67 Å². The smallest absolute Gasteiger partial charge is 0.0906 e. The van der Waals surface area contributed by atoms with Crippen molar-refractivity contribution in [2.75, 3.05) is 25.6 Å². The number of likely N-dealkylation sites (tertiary alicyclic amines) is 1. The molecular weight excluding hydrogens is 177 g/mol. The van der Waals surface area contributed by atoms with Gasteiger partial charge in [0.2, 0.25) is 0 Å². The van der Waals surface area contributed by atoms with Gasteiger partial charge in [0, 0.05) is 18.5 Å². The van der Waals surface area contributed by atoms with Gasteiger partial charge < -0.3 is 0 Å². The lowest BCUT2D eigenvalue weighted by molar-refractivity contribution is 0.238. The molecule has 1 aliphatic rings. The first-order chi connectivity index (χ1) is 5.79. The van der Waals surface area contributed by atoms with E-state index in [1.807, 2.05) is 0 Å². The van der Waals surface area contributed by atoms with Gasteiger partial charge in [0.05, 0.1) is 6.67 Å². The first-order valence-corrected chi connectivity index (χ1v) is 5.19. The molecule has 0 aromatic carbocycles. The standard InChI is InChI=1S/C9H17ClFN/c1-8-3-6-12(5-2-4-11)9(8)7-10/h8-9H,2-7H2,1H3. The number of halogens is 2. The van der Waals surface area contributed by atoms with E-state index >= 15 is 0 Å². The van der Waals surface area contributed by atoms with Crippen LogP contribution < -0.4 is 0 Å². The van der Waals surface area contributed by atoms with E-state index in [0.717, 1.165) is 13.1 Å². The molecule has 0 aromatic heterocycles. The Labute approximate surface area is 78.9 Å². The second-order valence-electron chi connectivity index (χ2n) is 3.57. The van der Waals surface area contributed by atoms with Crippen LogP contribution in [0.5, 0.6) is 0 Å². The molecule has 0 bridgehead atoms. The third-order valence-electron chi connectivity index (χ3n) is 2.73. The summed E-state index contributed by atoms with van der Waals surface area (Å²) in [6.07, 6.45) is 1.86. The predicted molar refractivity (Wildman–Crippen MR) is 50.5 cm³/mol. The van der Waals surface area contributed by atoms with Crippen molar-refractivity contribution in [3.8, 4) is 0 Å². The Hall–Kier alpha value is 0.180. The summed E-state index contributed by atoms with van der Waals surface area (Å²) < 4.78 is 11.9. The van der Waals surface area contributed by atoms with Gasteiger partial charge in [0.15, 0.2) is 0 Å². The highest BCUT2D eigenvalue weighted by Crippen LogP contribution is 2.24. The minimum absolute atomic E-state index is 0.208. The summed E-state index contributed by atoms with van der Waals surface area (Å²) in [6, 6.07) is 0.484. The molecule has 0 aliphatic carbocycles. The molecule has 1 rings (SSSR count). The van der Waals surface area contributed by atoms with Crippen molar-refractivity contribution < 1.29 is 4.39 Å². The van der Waals surface area contributed by atoms with Gasteiger partial charge in [-0.2, -0.15) is 0 Å². The van der Waals surface area contributed by atoms with Crippen molar-refractivity contribution in [2.24, 2.45) is 5.92 Å². The molecule has 1 nitrogen and oxygen atoms in total. The van der Waals surface area contributed by atoms with E-state index in [0.29, 0.717) is 24.3 Å². The largest absolute Gasteiger partial charge is 0.299 e. The molecule has 0 saturated carbocycles. The summed E-state index contributed by atoms with van der Waals surface area (Å²) >= 11 is 5.84. The fourth-order valence-corrected chi connectivity index (χ4v) is 2.38. The molecule has 0 amide bonds. The Morgan fingerprint density at radius 1 is 1.58 bits per heavy atom. The Morgan fingerprint density at radius 3 is 2.92 bits per heavy atom. The van der Waals surface area contributed by atoms with Gasteiger partial charge in [-0.05, 0) is 25.3 Å². The fourth-order valence-electron chi connectivity index (χ4n) is 1.88. The maximum Gasteiger partial charge on any atom is 0.0906 e. The summed E-state index contributed by atoms with van der Waals surface area (Å²) in [5.74, 6) is 1.37. The van der Waals surface area contributed by atoms with Crippen molar-refractivity contribution in [2.45, 2.75) is 25.8 Å². The highest BCUT2D eigenvalue weighted by molar-refractivity contribution is 6.18. The van der Waals surface area contributed by atoms with E-state index in [4.69, 9.17) is 11.6 Å². The molecule has 0 radical (unpaired) electrons. The monoisotopic (exact) mass is 193 g/mol. The molecule has 2 unspecified atom stereocenters. The second-order valence-corrected chi connectivity index (χ2v) is 3.87. The molecule has 1 heterocycles. The van der Waals surface area contributed by atoms with Crippen LogP contribution >= 0.6 is 11.6 Å². The average Bonchev–Trinajstić information content (AvgIpc) is 2.43. The fraction of sp³-hybridized carbons (Fsp3) is 1.00. The van der Waals surface area contributed by atoms with Gasteiger partial charge in [0.1, 0.15) is 0 Å². The van der Waals surface area contributed by atoms with Crippen LogP contribution in [0.15, 0.2) is 0 Å². The van der Waals surface area contributed by atoms with E-state index in [9.17, 15) is 4.39 Å². The molecule has 0 spiro atoms. The predicted octanol–water partition coefficient (Wildman–Crippen LogP) is 2.30. The lowest BCUT2D eigenvalue weighted by atomic mass is 10.1. The van der Waals surface area contributed by atoms with E-state index in [1.54, 1.807) is 0 Å². The number of hydrogen-bond acceptors (Lipinski definition) is 1. The van der Waals surface area contributed by atoms with Gasteiger partial charge in [-0.1, -0.05) is 6.92 Å². The third-order valence-corrected chi connectivity index (χ3v) is 3.05. The van der Waals surface area contributed by atoms with Gasteiger partial charge in [-0.15, -0.1) is 11.6 Å². The Morgan fingerprint density at radius 2 is 2.33 bits per heavy atom. The first kappa shape index (κ1) is 10.3. The molecule has 1 fully saturated rings. The zero-order chi connectivity index (χ0) is 8.97. The summed E-state index contributed by atoms with van der Waals surface area (Å²) in [6.45, 7) is 3.99. The average molecular weight is 194 g/mol. The second kappa shape index (κ2) is 5.03. The van der Waals surface area contributed by atoms with Crippen LogP contribution in [-0.2, 0) is 0 Å². The lowest BCUT2D eigenvalue weighted by Gasteiger charge is -2.24. The molecule has 2 atom stereocenters. The van der Waals surface area contributed by atoms with Crippen molar-refractivity contribution in [1.82, 2.24) is 4.90 Å². The quantitative estimate of drug-likeness (QED) is 0.620. The number of nitrogens with zero attached hydrogens (tertiary/aromatic N) is 1. The first-order valence-electron chi connectivity index (χ1n) is 4.65. The Bertz CT molecular complexity index is 132. The zero-order valence-electron chi connectivity index (χ0n) is 7.60. The molecule has 12 heavy (non-hydrogen) atoms. The maximum atomic E-state index is 11.9. The molecule has 3 heteroatoms. The van der Waals surface area contributed by atoms with Crippen molar-refractivity contribution in [1.29, 1.82) is 0 Å². The molecule has 1 saturated heterocycles. The highest BCUT2D eigenvalue weighted by Gasteiger charge is 2.29. The van der Waals surface area contributed by atoms with Crippen molar-refractivity contribution in [3.05, 3.63) is 0 Å². The van der Waals surface area contributed by atoms with Crippen LogP contribution in [0.25, 0.3) is 0 Å². The molecule has 1 aliphatic heterocycles.